The number of rotatable bonds is 6. The largest absolute Gasteiger partial charge is 0.573 e. The maximum Gasteiger partial charge on any atom is 0.573 e. The molecule has 0 saturated heterocycles. The number of thiophene rings is 1. The molecule has 1 N–H and O–H groups in total. The van der Waals surface area contributed by atoms with Gasteiger partial charge in [-0.1, -0.05) is 12.1 Å². The van der Waals surface area contributed by atoms with Crippen molar-refractivity contribution in [2.24, 2.45) is 11.8 Å². The summed E-state index contributed by atoms with van der Waals surface area (Å²) < 4.78 is 45.6. The number of anilines is 1. The molecule has 1 aromatic heterocycles. The Hall–Kier alpha value is -2.75. The topological polar surface area (TPSA) is 76.1 Å². The van der Waals surface area contributed by atoms with Crippen molar-refractivity contribution in [1.82, 2.24) is 0 Å². The molecule has 0 unspecified atom stereocenters. The first-order valence-corrected chi connectivity index (χ1v) is 10.6. The number of amides is 1. The molecule has 2 aromatic rings. The van der Waals surface area contributed by atoms with Crippen LogP contribution in [0.15, 0.2) is 35.7 Å². The summed E-state index contributed by atoms with van der Waals surface area (Å²) in [4.78, 5) is 24.8. The van der Waals surface area contributed by atoms with Crippen LogP contribution >= 0.6 is 11.3 Å². The molecule has 10 heteroatoms. The average molecular weight is 457 g/mol. The fourth-order valence-electron chi connectivity index (χ4n) is 3.73. The molecule has 0 radical (unpaired) electrons. The maximum atomic E-state index is 12.3. The van der Waals surface area contributed by atoms with E-state index in [1.54, 1.807) is 11.4 Å². The van der Waals surface area contributed by atoms with Crippen molar-refractivity contribution in [2.45, 2.75) is 32.0 Å². The quantitative estimate of drug-likeness (QED) is 0.557. The number of methoxy groups -OCH3 is 1. The molecule has 1 amide bonds. The highest BCUT2D eigenvalue weighted by atomic mass is 32.1. The van der Waals surface area contributed by atoms with Gasteiger partial charge in [0.25, 0.3) is 0 Å². The first kappa shape index (κ1) is 22.9. The van der Waals surface area contributed by atoms with E-state index in [0.717, 1.165) is 12.8 Å². The Labute approximate surface area is 181 Å². The number of carbonyl (C=O) groups excluding carboxylic acids is 1. The summed E-state index contributed by atoms with van der Waals surface area (Å²) in [5, 5.41) is 12.0. The molecule has 1 aromatic carbocycles. The lowest BCUT2D eigenvalue weighted by atomic mass is 9.82. The molecule has 3 rings (SSSR count). The van der Waals surface area contributed by atoms with Gasteiger partial charge in [0.1, 0.15) is 10.8 Å². The summed E-state index contributed by atoms with van der Waals surface area (Å²) in [5.74, 6) is -0.525. The minimum Gasteiger partial charge on any atom is -0.469 e. The summed E-state index contributed by atoms with van der Waals surface area (Å²) >= 11 is 1.25. The Morgan fingerprint density at radius 3 is 2.32 bits per heavy atom. The second kappa shape index (κ2) is 9.59. The van der Waals surface area contributed by atoms with Crippen LogP contribution in [0.25, 0.3) is 11.1 Å². The normalized spacial score (nSPS) is 19.0. The van der Waals surface area contributed by atoms with Crippen LogP contribution in [-0.2, 0) is 9.53 Å². The van der Waals surface area contributed by atoms with Gasteiger partial charge < -0.3 is 14.6 Å². The molecule has 31 heavy (non-hydrogen) atoms. The molecule has 1 aliphatic rings. The van der Waals surface area contributed by atoms with E-state index < -0.39 is 12.5 Å². The summed E-state index contributed by atoms with van der Waals surface area (Å²) in [5.41, 5.74) is 1.36. The van der Waals surface area contributed by atoms with E-state index in [-0.39, 0.29) is 23.6 Å². The SMILES string of the molecule is COC(=O)C1CCC(CN(C(=O)O)c2cc(-c3ccc(OC(F)(F)F)cc3)cs2)CC1. The minimum atomic E-state index is -4.75. The Morgan fingerprint density at radius 1 is 1.13 bits per heavy atom. The van der Waals surface area contributed by atoms with Crippen LogP contribution in [0.3, 0.4) is 0 Å². The molecule has 0 atom stereocenters. The molecular formula is C21H22F3NO5S. The van der Waals surface area contributed by atoms with Gasteiger partial charge in [0, 0.05) is 11.9 Å². The standard InChI is InChI=1S/C21H22F3NO5S/c1-29-19(26)15-4-2-13(3-5-15)11-25(20(27)28)18-10-16(12-31-18)14-6-8-17(9-7-14)30-21(22,23)24/h6-10,12-13,15H,2-5,11H2,1H3,(H,27,28). The van der Waals surface area contributed by atoms with Crippen molar-refractivity contribution in [2.75, 3.05) is 18.6 Å². The lowest BCUT2D eigenvalue weighted by Crippen LogP contribution is -2.36. The van der Waals surface area contributed by atoms with E-state index in [9.17, 15) is 27.9 Å². The zero-order valence-corrected chi connectivity index (χ0v) is 17.5. The van der Waals surface area contributed by atoms with Crippen molar-refractivity contribution in [3.63, 3.8) is 0 Å². The molecule has 0 aliphatic heterocycles. The molecule has 168 valence electrons. The van der Waals surface area contributed by atoms with Crippen molar-refractivity contribution in [3.05, 3.63) is 35.7 Å². The van der Waals surface area contributed by atoms with Gasteiger partial charge in [-0.25, -0.2) is 4.79 Å². The Morgan fingerprint density at radius 2 is 1.77 bits per heavy atom. The van der Waals surface area contributed by atoms with E-state index in [4.69, 9.17) is 4.74 Å². The Balaban J connectivity index is 1.66. The van der Waals surface area contributed by atoms with Gasteiger partial charge in [-0.2, -0.15) is 0 Å². The fourth-order valence-corrected chi connectivity index (χ4v) is 4.66. The predicted octanol–water partition coefficient (Wildman–Crippen LogP) is 5.78. The van der Waals surface area contributed by atoms with Gasteiger partial charge in [0.15, 0.2) is 0 Å². The van der Waals surface area contributed by atoms with Gasteiger partial charge in [-0.3, -0.25) is 9.69 Å². The molecule has 6 nitrogen and oxygen atoms in total. The average Bonchev–Trinajstić information content (AvgIpc) is 3.20. The molecular weight excluding hydrogens is 435 g/mol. The second-order valence-electron chi connectivity index (χ2n) is 7.38. The second-order valence-corrected chi connectivity index (χ2v) is 8.27. The van der Waals surface area contributed by atoms with E-state index in [1.165, 1.54) is 47.6 Å². The third-order valence-electron chi connectivity index (χ3n) is 5.33. The van der Waals surface area contributed by atoms with Gasteiger partial charge >= 0.3 is 18.4 Å². The number of carbonyl (C=O) groups is 2. The molecule has 1 aliphatic carbocycles. The number of halogens is 3. The summed E-state index contributed by atoms with van der Waals surface area (Å²) in [6.07, 6.45) is -3.00. The van der Waals surface area contributed by atoms with Crippen molar-refractivity contribution in [3.8, 4) is 16.9 Å². The number of esters is 1. The lowest BCUT2D eigenvalue weighted by Gasteiger charge is -2.30. The van der Waals surface area contributed by atoms with Gasteiger partial charge in [0.05, 0.1) is 13.0 Å². The number of ether oxygens (including phenoxy) is 2. The van der Waals surface area contributed by atoms with Crippen LogP contribution in [0, 0.1) is 11.8 Å². The zero-order chi connectivity index (χ0) is 22.6. The molecule has 1 fully saturated rings. The highest BCUT2D eigenvalue weighted by Gasteiger charge is 2.31. The molecule has 0 bridgehead atoms. The Bertz CT molecular complexity index is 904. The fraction of sp³-hybridized carbons (Fsp3) is 0.429. The highest BCUT2D eigenvalue weighted by Crippen LogP contribution is 2.36. The summed E-state index contributed by atoms with van der Waals surface area (Å²) in [6.45, 7) is 0.321. The summed E-state index contributed by atoms with van der Waals surface area (Å²) in [7, 11) is 1.37. The lowest BCUT2D eigenvalue weighted by molar-refractivity contribution is -0.274. The van der Waals surface area contributed by atoms with Crippen LogP contribution in [0.2, 0.25) is 0 Å². The van der Waals surface area contributed by atoms with Gasteiger partial charge in [-0.15, -0.1) is 24.5 Å². The van der Waals surface area contributed by atoms with Crippen LogP contribution in [0.4, 0.5) is 23.0 Å². The van der Waals surface area contributed by atoms with Crippen LogP contribution in [0.1, 0.15) is 25.7 Å². The maximum absolute atomic E-state index is 12.3. The third-order valence-corrected chi connectivity index (χ3v) is 6.28. The number of alkyl halides is 3. The van der Waals surface area contributed by atoms with E-state index in [1.807, 2.05) is 0 Å². The first-order valence-electron chi connectivity index (χ1n) is 9.69. The first-order chi connectivity index (χ1) is 14.7. The number of carboxylic acid groups (broad SMARTS) is 1. The molecule has 1 heterocycles. The molecule has 1 saturated carbocycles. The van der Waals surface area contributed by atoms with Gasteiger partial charge in [0.2, 0.25) is 0 Å². The summed E-state index contributed by atoms with van der Waals surface area (Å²) in [6, 6.07) is 7.13. The number of nitrogens with zero attached hydrogens (tertiary/aromatic N) is 1. The smallest absolute Gasteiger partial charge is 0.469 e. The number of hydrogen-bond donors (Lipinski definition) is 1. The highest BCUT2D eigenvalue weighted by molar-refractivity contribution is 7.14. The van der Waals surface area contributed by atoms with Gasteiger partial charge in [-0.05, 0) is 60.9 Å². The monoisotopic (exact) mass is 457 g/mol. The third kappa shape index (κ3) is 6.13. The van der Waals surface area contributed by atoms with Crippen molar-refractivity contribution < 1.29 is 37.3 Å². The molecule has 0 spiro atoms. The van der Waals surface area contributed by atoms with E-state index >= 15 is 0 Å². The van der Waals surface area contributed by atoms with E-state index in [0.29, 0.717) is 35.5 Å². The van der Waals surface area contributed by atoms with Crippen LogP contribution in [-0.4, -0.2) is 37.2 Å². The zero-order valence-electron chi connectivity index (χ0n) is 16.7. The Kier molecular flexibility index (Phi) is 7.09. The minimum absolute atomic E-state index is 0.128. The van der Waals surface area contributed by atoms with Crippen molar-refractivity contribution in [1.29, 1.82) is 0 Å². The van der Waals surface area contributed by atoms with Crippen LogP contribution < -0.4 is 9.64 Å². The number of benzene rings is 1. The van der Waals surface area contributed by atoms with E-state index in [2.05, 4.69) is 4.74 Å². The van der Waals surface area contributed by atoms with Crippen LogP contribution in [0.5, 0.6) is 5.75 Å². The predicted molar refractivity (Wildman–Crippen MR) is 109 cm³/mol. The van der Waals surface area contributed by atoms with Crippen molar-refractivity contribution >= 4 is 28.4 Å². The number of hydrogen-bond acceptors (Lipinski definition) is 5.